The Morgan fingerprint density at radius 2 is 2.39 bits per heavy atom. The van der Waals surface area contributed by atoms with Crippen molar-refractivity contribution >= 4 is 11.8 Å². The lowest BCUT2D eigenvalue weighted by Gasteiger charge is -2.18. The zero-order chi connectivity index (χ0) is 13.5. The zero-order valence-corrected chi connectivity index (χ0v) is 10.8. The van der Waals surface area contributed by atoms with E-state index < -0.39 is 0 Å². The molecule has 1 rings (SSSR count). The maximum Gasteiger partial charge on any atom is 0.222 e. The molecule has 0 saturated heterocycles. The van der Waals surface area contributed by atoms with Crippen molar-refractivity contribution in [2.45, 2.75) is 19.8 Å². The number of nitrogens with one attached hydrogen (secondary N) is 1. The monoisotopic (exact) mass is 252 g/mol. The van der Waals surface area contributed by atoms with Gasteiger partial charge in [-0.25, -0.2) is 4.98 Å². The molecular weight excluding hydrogens is 232 g/mol. The molecule has 0 unspecified atom stereocenters. The number of aromatic nitrogens is 2. The Kier molecular flexibility index (Phi) is 5.38. The number of hydrogen-bond acceptors (Lipinski definition) is 6. The van der Waals surface area contributed by atoms with Gasteiger partial charge in [-0.2, -0.15) is 4.98 Å². The Balaban J connectivity index is 2.82. The minimum absolute atomic E-state index is 0.0177. The number of aliphatic hydroxyl groups excluding tert-OH is 1. The van der Waals surface area contributed by atoms with Gasteiger partial charge < -0.3 is 20.9 Å². The van der Waals surface area contributed by atoms with Crippen molar-refractivity contribution < 1.29 is 9.84 Å². The summed E-state index contributed by atoms with van der Waals surface area (Å²) in [6.45, 7) is 6.02. The Bertz CT molecular complexity index is 409. The average Bonchev–Trinajstić information content (AvgIpc) is 2.36. The normalized spacial score (nSPS) is 11.9. The number of hydrogen-bond donors (Lipinski definition) is 3. The van der Waals surface area contributed by atoms with Crippen LogP contribution in [0.25, 0.3) is 0 Å². The van der Waals surface area contributed by atoms with E-state index >= 15 is 0 Å². The molecule has 100 valence electrons. The first-order chi connectivity index (χ1) is 8.62. The van der Waals surface area contributed by atoms with Crippen LogP contribution in [0.2, 0.25) is 0 Å². The number of aliphatic hydroxyl groups is 1. The Hall–Kier alpha value is -1.82. The van der Waals surface area contributed by atoms with Crippen molar-refractivity contribution in [1.29, 1.82) is 0 Å². The summed E-state index contributed by atoms with van der Waals surface area (Å²) in [5.41, 5.74) is 6.22. The number of methoxy groups -OCH3 is 1. The fourth-order valence-corrected chi connectivity index (χ4v) is 1.60. The molecule has 0 bridgehead atoms. The van der Waals surface area contributed by atoms with Gasteiger partial charge in [-0.05, 0) is 6.42 Å². The van der Waals surface area contributed by atoms with Crippen molar-refractivity contribution in [2.75, 3.05) is 24.8 Å². The van der Waals surface area contributed by atoms with Crippen LogP contribution in [0.4, 0.5) is 11.8 Å². The van der Waals surface area contributed by atoms with Crippen molar-refractivity contribution in [2.24, 2.45) is 5.92 Å². The van der Waals surface area contributed by atoms with Gasteiger partial charge >= 0.3 is 0 Å². The summed E-state index contributed by atoms with van der Waals surface area (Å²) in [6, 6.07) is 0. The summed E-state index contributed by atoms with van der Waals surface area (Å²) in [6.07, 6.45) is 3.31. The lowest BCUT2D eigenvalue weighted by molar-refractivity contribution is 0.239. The molecule has 6 nitrogen and oxygen atoms in total. The first-order valence-corrected chi connectivity index (χ1v) is 5.85. The Morgan fingerprint density at radius 3 is 2.94 bits per heavy atom. The van der Waals surface area contributed by atoms with Gasteiger partial charge in [0.25, 0.3) is 0 Å². The molecular formula is C12H20N4O2. The van der Waals surface area contributed by atoms with Gasteiger partial charge in [0.1, 0.15) is 0 Å². The van der Waals surface area contributed by atoms with Gasteiger partial charge in [0, 0.05) is 11.6 Å². The summed E-state index contributed by atoms with van der Waals surface area (Å²) in [5.74, 6) is 1.08. The molecule has 1 heterocycles. The van der Waals surface area contributed by atoms with Gasteiger partial charge in [0.05, 0.1) is 19.9 Å². The molecule has 0 amide bonds. The summed E-state index contributed by atoms with van der Waals surface area (Å²) in [5, 5.41) is 12.3. The standard InChI is InChI=1S/C12H20N4O2/c1-4-5-9(7-17)8(2)15-11-10(18-3)6-14-12(13)16-11/h6,9,17H,2,4-5,7H2,1,3H3,(H3,13,14,15,16)/t9-/m1/s1. The van der Waals surface area contributed by atoms with Crippen molar-refractivity contribution in [3.63, 3.8) is 0 Å². The van der Waals surface area contributed by atoms with Gasteiger partial charge in [-0.1, -0.05) is 19.9 Å². The lowest BCUT2D eigenvalue weighted by atomic mass is 10.0. The lowest BCUT2D eigenvalue weighted by Crippen LogP contribution is -2.16. The third-order valence-electron chi connectivity index (χ3n) is 2.62. The molecule has 0 aliphatic carbocycles. The van der Waals surface area contributed by atoms with E-state index in [1.54, 1.807) is 0 Å². The Morgan fingerprint density at radius 1 is 1.67 bits per heavy atom. The predicted molar refractivity (Wildman–Crippen MR) is 71.2 cm³/mol. The van der Waals surface area contributed by atoms with Crippen molar-refractivity contribution in [1.82, 2.24) is 9.97 Å². The molecule has 0 aromatic carbocycles. The van der Waals surface area contributed by atoms with E-state index in [1.807, 2.05) is 0 Å². The molecule has 0 aliphatic heterocycles. The molecule has 1 atom stereocenters. The number of rotatable bonds is 7. The SMILES string of the molecule is C=C(Nc1nc(N)ncc1OC)[C@@H](CO)CCC. The zero-order valence-electron chi connectivity index (χ0n) is 10.8. The minimum Gasteiger partial charge on any atom is -0.491 e. The molecule has 0 fully saturated rings. The molecule has 0 spiro atoms. The highest BCUT2D eigenvalue weighted by molar-refractivity contribution is 5.54. The molecule has 0 radical (unpaired) electrons. The molecule has 0 saturated carbocycles. The first kappa shape index (κ1) is 14.2. The number of anilines is 2. The molecule has 1 aromatic heterocycles. The van der Waals surface area contributed by atoms with E-state index in [0.29, 0.717) is 17.3 Å². The molecule has 6 heteroatoms. The van der Waals surface area contributed by atoms with Crippen LogP contribution in [0.1, 0.15) is 19.8 Å². The second-order valence-corrected chi connectivity index (χ2v) is 3.96. The van der Waals surface area contributed by atoms with Crippen molar-refractivity contribution in [3.05, 3.63) is 18.5 Å². The van der Waals surface area contributed by atoms with Crippen LogP contribution in [-0.4, -0.2) is 28.8 Å². The van der Waals surface area contributed by atoms with Gasteiger partial charge in [0.15, 0.2) is 11.6 Å². The highest BCUT2D eigenvalue weighted by atomic mass is 16.5. The first-order valence-electron chi connectivity index (χ1n) is 5.85. The number of nitrogen functional groups attached to an aromatic ring is 1. The number of nitrogens with two attached hydrogens (primary N) is 1. The summed E-state index contributed by atoms with van der Waals surface area (Å²) < 4.78 is 5.13. The molecule has 18 heavy (non-hydrogen) atoms. The van der Waals surface area contributed by atoms with Crippen LogP contribution >= 0.6 is 0 Å². The van der Waals surface area contributed by atoms with Gasteiger partial charge in [0.2, 0.25) is 5.95 Å². The third kappa shape index (κ3) is 3.59. The highest BCUT2D eigenvalue weighted by Crippen LogP contribution is 2.25. The number of nitrogens with zero attached hydrogens (tertiary/aromatic N) is 2. The third-order valence-corrected chi connectivity index (χ3v) is 2.62. The largest absolute Gasteiger partial charge is 0.491 e. The van der Waals surface area contributed by atoms with Crippen LogP contribution < -0.4 is 15.8 Å². The van der Waals surface area contributed by atoms with Crippen LogP contribution in [0.15, 0.2) is 18.5 Å². The van der Waals surface area contributed by atoms with Crippen LogP contribution in [0, 0.1) is 5.92 Å². The van der Waals surface area contributed by atoms with E-state index in [0.717, 1.165) is 12.8 Å². The van der Waals surface area contributed by atoms with E-state index in [1.165, 1.54) is 13.3 Å². The minimum atomic E-state index is -0.0177. The Labute approximate surface area is 107 Å². The highest BCUT2D eigenvalue weighted by Gasteiger charge is 2.14. The second-order valence-electron chi connectivity index (χ2n) is 3.96. The topological polar surface area (TPSA) is 93.3 Å². The smallest absolute Gasteiger partial charge is 0.222 e. The average molecular weight is 252 g/mol. The molecule has 0 aliphatic rings. The van der Waals surface area contributed by atoms with Crippen molar-refractivity contribution in [3.8, 4) is 5.75 Å². The maximum absolute atomic E-state index is 9.30. The molecule has 4 N–H and O–H groups in total. The maximum atomic E-state index is 9.30. The van der Waals surface area contributed by atoms with Gasteiger partial charge in [-0.15, -0.1) is 0 Å². The summed E-state index contributed by atoms with van der Waals surface area (Å²) >= 11 is 0. The van der Waals surface area contributed by atoms with E-state index in [9.17, 15) is 5.11 Å². The fourth-order valence-electron chi connectivity index (χ4n) is 1.60. The van der Waals surface area contributed by atoms with Gasteiger partial charge in [-0.3, -0.25) is 0 Å². The predicted octanol–water partition coefficient (Wildman–Crippen LogP) is 1.40. The number of ether oxygens (including phenoxy) is 1. The molecule has 1 aromatic rings. The fraction of sp³-hybridized carbons (Fsp3) is 0.500. The van der Waals surface area contributed by atoms with E-state index in [4.69, 9.17) is 10.5 Å². The van der Waals surface area contributed by atoms with E-state index in [2.05, 4.69) is 28.8 Å². The summed E-state index contributed by atoms with van der Waals surface area (Å²) in [4.78, 5) is 7.89. The second kappa shape index (κ2) is 6.80. The summed E-state index contributed by atoms with van der Waals surface area (Å²) in [7, 11) is 1.53. The van der Waals surface area contributed by atoms with E-state index in [-0.39, 0.29) is 18.5 Å². The van der Waals surface area contributed by atoms with Crippen LogP contribution in [-0.2, 0) is 0 Å². The van der Waals surface area contributed by atoms with Crippen LogP contribution in [0.3, 0.4) is 0 Å². The quantitative estimate of drug-likeness (QED) is 0.679. The van der Waals surface area contributed by atoms with Crippen LogP contribution in [0.5, 0.6) is 5.75 Å².